The molecule has 0 aliphatic heterocycles. The first-order chi connectivity index (χ1) is 11.0. The van der Waals surface area contributed by atoms with E-state index in [1.807, 2.05) is 55.6 Å². The van der Waals surface area contributed by atoms with E-state index in [1.54, 1.807) is 11.9 Å². The number of rotatable bonds is 6. The van der Waals surface area contributed by atoms with Gasteiger partial charge in [0.15, 0.2) is 0 Å². The number of para-hydroxylation sites is 1. The van der Waals surface area contributed by atoms with Crippen LogP contribution in [0.5, 0.6) is 0 Å². The fourth-order valence-electron chi connectivity index (χ4n) is 2.14. The van der Waals surface area contributed by atoms with E-state index >= 15 is 0 Å². The smallest absolute Gasteiger partial charge is 0.263 e. The molecule has 0 saturated heterocycles. The Morgan fingerprint density at radius 3 is 2.61 bits per heavy atom. The highest BCUT2D eigenvalue weighted by atomic mass is 32.1. The highest BCUT2D eigenvalue weighted by Crippen LogP contribution is 2.20. The minimum atomic E-state index is -0.0338. The number of hydrogen-bond acceptors (Lipinski definition) is 3. The largest absolute Gasteiger partial charge is 0.337 e. The number of carbonyl (C=O) groups is 2. The molecule has 4 nitrogen and oxygen atoms in total. The van der Waals surface area contributed by atoms with Crippen molar-refractivity contribution in [1.82, 2.24) is 4.90 Å². The first kappa shape index (κ1) is 17.2. The second kappa shape index (κ2) is 7.92. The summed E-state index contributed by atoms with van der Waals surface area (Å²) in [6, 6.07) is 11.3. The lowest BCUT2D eigenvalue weighted by molar-refractivity contribution is -0.119. The molecule has 1 aromatic heterocycles. The standard InChI is InChI=1S/C18H22N2O2S/c1-4-13(2)17(21)19-15-9-6-5-8-14(15)12-20(3)18(22)16-10-7-11-23-16/h5-11,13H,4,12H2,1-3H3,(H,19,21). The Hall–Kier alpha value is -2.14. The lowest BCUT2D eigenvalue weighted by atomic mass is 10.1. The summed E-state index contributed by atoms with van der Waals surface area (Å²) in [7, 11) is 1.77. The molecule has 0 saturated carbocycles. The molecule has 122 valence electrons. The third kappa shape index (κ3) is 4.42. The number of thiophene rings is 1. The molecule has 1 atom stereocenters. The Morgan fingerprint density at radius 2 is 1.96 bits per heavy atom. The quantitative estimate of drug-likeness (QED) is 0.870. The van der Waals surface area contributed by atoms with Crippen LogP contribution in [0.4, 0.5) is 5.69 Å². The zero-order valence-corrected chi connectivity index (χ0v) is 14.5. The maximum absolute atomic E-state index is 12.3. The topological polar surface area (TPSA) is 49.4 Å². The predicted octanol–water partition coefficient (Wildman–Crippen LogP) is 4.00. The summed E-state index contributed by atoms with van der Waals surface area (Å²) < 4.78 is 0. The molecule has 0 aliphatic rings. The van der Waals surface area contributed by atoms with Crippen LogP contribution in [0, 0.1) is 5.92 Å². The fourth-order valence-corrected chi connectivity index (χ4v) is 2.85. The summed E-state index contributed by atoms with van der Waals surface area (Å²) in [5, 5.41) is 4.86. The van der Waals surface area contributed by atoms with Gasteiger partial charge in [-0.1, -0.05) is 38.1 Å². The van der Waals surface area contributed by atoms with E-state index in [9.17, 15) is 9.59 Å². The van der Waals surface area contributed by atoms with Crippen molar-refractivity contribution in [3.63, 3.8) is 0 Å². The van der Waals surface area contributed by atoms with Crippen LogP contribution in [-0.4, -0.2) is 23.8 Å². The first-order valence-electron chi connectivity index (χ1n) is 7.70. The Kier molecular flexibility index (Phi) is 5.93. The second-order valence-electron chi connectivity index (χ2n) is 5.59. The van der Waals surface area contributed by atoms with E-state index < -0.39 is 0 Å². The van der Waals surface area contributed by atoms with Crippen LogP contribution in [0.25, 0.3) is 0 Å². The van der Waals surface area contributed by atoms with Gasteiger partial charge in [-0.15, -0.1) is 11.3 Å². The number of nitrogens with one attached hydrogen (secondary N) is 1. The van der Waals surface area contributed by atoms with Crippen LogP contribution >= 0.6 is 11.3 Å². The van der Waals surface area contributed by atoms with Crippen LogP contribution in [0.2, 0.25) is 0 Å². The van der Waals surface area contributed by atoms with Crippen molar-refractivity contribution >= 4 is 28.8 Å². The van der Waals surface area contributed by atoms with Crippen molar-refractivity contribution < 1.29 is 9.59 Å². The van der Waals surface area contributed by atoms with Gasteiger partial charge in [-0.2, -0.15) is 0 Å². The summed E-state index contributed by atoms with van der Waals surface area (Å²) in [5.74, 6) is -0.0382. The average molecular weight is 330 g/mol. The Morgan fingerprint density at radius 1 is 1.22 bits per heavy atom. The minimum Gasteiger partial charge on any atom is -0.337 e. The van der Waals surface area contributed by atoms with Gasteiger partial charge in [0, 0.05) is 25.2 Å². The summed E-state index contributed by atoms with van der Waals surface area (Å²) in [6.45, 7) is 4.35. The summed E-state index contributed by atoms with van der Waals surface area (Å²) >= 11 is 1.43. The highest BCUT2D eigenvalue weighted by molar-refractivity contribution is 7.12. The van der Waals surface area contributed by atoms with Gasteiger partial charge in [0.2, 0.25) is 5.91 Å². The number of amides is 2. The van der Waals surface area contributed by atoms with Gasteiger partial charge in [-0.05, 0) is 29.5 Å². The van der Waals surface area contributed by atoms with Crippen molar-refractivity contribution in [2.45, 2.75) is 26.8 Å². The molecule has 0 spiro atoms. The predicted molar refractivity (Wildman–Crippen MR) is 94.6 cm³/mol. The molecule has 0 radical (unpaired) electrons. The molecule has 0 aliphatic carbocycles. The molecule has 1 aromatic carbocycles. The molecule has 5 heteroatoms. The van der Waals surface area contributed by atoms with Gasteiger partial charge in [0.1, 0.15) is 0 Å². The maximum atomic E-state index is 12.3. The molecule has 0 bridgehead atoms. The zero-order valence-electron chi connectivity index (χ0n) is 13.7. The van der Waals surface area contributed by atoms with Gasteiger partial charge in [-0.25, -0.2) is 0 Å². The monoisotopic (exact) mass is 330 g/mol. The highest BCUT2D eigenvalue weighted by Gasteiger charge is 2.16. The van der Waals surface area contributed by atoms with Crippen molar-refractivity contribution in [3.8, 4) is 0 Å². The van der Waals surface area contributed by atoms with Crippen molar-refractivity contribution in [3.05, 3.63) is 52.2 Å². The van der Waals surface area contributed by atoms with Crippen molar-refractivity contribution in [2.24, 2.45) is 5.92 Å². The van der Waals surface area contributed by atoms with Gasteiger partial charge in [0.05, 0.1) is 4.88 Å². The molecule has 2 rings (SSSR count). The molecule has 1 heterocycles. The molecule has 2 aromatic rings. The van der Waals surface area contributed by atoms with Crippen molar-refractivity contribution in [1.29, 1.82) is 0 Å². The normalized spacial score (nSPS) is 11.8. The molecule has 0 fully saturated rings. The van der Waals surface area contributed by atoms with E-state index in [2.05, 4.69) is 5.32 Å². The number of hydrogen-bond donors (Lipinski definition) is 1. The first-order valence-corrected chi connectivity index (χ1v) is 8.58. The molecular formula is C18H22N2O2S. The van der Waals surface area contributed by atoms with Crippen molar-refractivity contribution in [2.75, 3.05) is 12.4 Å². The lowest BCUT2D eigenvalue weighted by Gasteiger charge is -2.19. The van der Waals surface area contributed by atoms with Gasteiger partial charge in [0.25, 0.3) is 5.91 Å². The summed E-state index contributed by atoms with van der Waals surface area (Å²) in [4.78, 5) is 26.8. The molecule has 2 amide bonds. The average Bonchev–Trinajstić information content (AvgIpc) is 3.09. The second-order valence-corrected chi connectivity index (χ2v) is 6.54. The van der Waals surface area contributed by atoms with Crippen LogP contribution in [0.1, 0.15) is 35.5 Å². The van der Waals surface area contributed by atoms with E-state index in [4.69, 9.17) is 0 Å². The fraction of sp³-hybridized carbons (Fsp3) is 0.333. The van der Waals surface area contributed by atoms with Crippen LogP contribution in [-0.2, 0) is 11.3 Å². The van der Waals surface area contributed by atoms with E-state index in [0.717, 1.165) is 17.7 Å². The number of benzene rings is 1. The zero-order chi connectivity index (χ0) is 16.8. The third-order valence-electron chi connectivity index (χ3n) is 3.82. The molecule has 23 heavy (non-hydrogen) atoms. The van der Waals surface area contributed by atoms with Crippen LogP contribution in [0.15, 0.2) is 41.8 Å². The van der Waals surface area contributed by atoms with E-state index in [0.29, 0.717) is 11.4 Å². The number of nitrogens with zero attached hydrogens (tertiary/aromatic N) is 1. The molecule has 1 N–H and O–H groups in total. The minimum absolute atomic E-state index is 0.00665. The summed E-state index contributed by atoms with van der Waals surface area (Å²) in [6.07, 6.45) is 0.796. The van der Waals surface area contributed by atoms with E-state index in [1.165, 1.54) is 11.3 Å². The Bertz CT molecular complexity index is 667. The Balaban J connectivity index is 2.11. The molecular weight excluding hydrogens is 308 g/mol. The summed E-state index contributed by atoms with van der Waals surface area (Å²) in [5.41, 5.74) is 1.69. The van der Waals surface area contributed by atoms with Crippen LogP contribution in [0.3, 0.4) is 0 Å². The Labute approximate surface area is 141 Å². The number of carbonyl (C=O) groups excluding carboxylic acids is 2. The SMILES string of the molecule is CCC(C)C(=O)Nc1ccccc1CN(C)C(=O)c1cccs1. The van der Waals surface area contributed by atoms with Gasteiger partial charge >= 0.3 is 0 Å². The number of anilines is 1. The van der Waals surface area contributed by atoms with Gasteiger partial charge < -0.3 is 10.2 Å². The van der Waals surface area contributed by atoms with E-state index in [-0.39, 0.29) is 17.7 Å². The molecule has 1 unspecified atom stereocenters. The lowest BCUT2D eigenvalue weighted by Crippen LogP contribution is -2.27. The maximum Gasteiger partial charge on any atom is 0.263 e. The van der Waals surface area contributed by atoms with Gasteiger partial charge in [-0.3, -0.25) is 9.59 Å². The van der Waals surface area contributed by atoms with Crippen LogP contribution < -0.4 is 5.32 Å². The third-order valence-corrected chi connectivity index (χ3v) is 4.68.